The van der Waals surface area contributed by atoms with Crippen molar-refractivity contribution in [2.24, 2.45) is 23.2 Å². The second kappa shape index (κ2) is 11.4. The molecular formula is C26H37N3O6. The monoisotopic (exact) mass is 488 g/mol. The summed E-state index contributed by atoms with van der Waals surface area (Å²) >= 11 is 0. The van der Waals surface area contributed by atoms with Gasteiger partial charge in [0.05, 0.1) is 24.6 Å². The van der Waals surface area contributed by atoms with Crippen LogP contribution in [0.4, 0.5) is 4.79 Å². The second-order valence-corrected chi connectivity index (χ2v) is 10.5. The van der Waals surface area contributed by atoms with Gasteiger partial charge in [-0.2, -0.15) is 0 Å². The third kappa shape index (κ3) is 6.75. The van der Waals surface area contributed by atoms with Crippen molar-refractivity contribution in [1.29, 1.82) is 0 Å². The van der Waals surface area contributed by atoms with E-state index >= 15 is 0 Å². The molecule has 0 aromatic heterocycles. The van der Waals surface area contributed by atoms with Crippen LogP contribution in [0.5, 0.6) is 0 Å². The molecular weight excluding hydrogens is 450 g/mol. The van der Waals surface area contributed by atoms with Crippen LogP contribution in [0.3, 0.4) is 0 Å². The normalized spacial score (nSPS) is 29.2. The van der Waals surface area contributed by atoms with E-state index in [0.717, 1.165) is 38.5 Å². The lowest BCUT2D eigenvalue weighted by molar-refractivity contribution is -0.152. The van der Waals surface area contributed by atoms with Crippen LogP contribution < -0.4 is 5.32 Å². The number of aldehydes is 1. The minimum Gasteiger partial charge on any atom is -0.464 e. The predicted octanol–water partition coefficient (Wildman–Crippen LogP) is 1.60. The summed E-state index contributed by atoms with van der Waals surface area (Å²) in [5, 5.41) is 2.67. The van der Waals surface area contributed by atoms with E-state index in [9.17, 15) is 19.2 Å². The smallest absolute Gasteiger partial charge is 0.407 e. The molecule has 3 fully saturated rings. The lowest BCUT2D eigenvalue weighted by Crippen LogP contribution is -2.57. The van der Waals surface area contributed by atoms with Crippen molar-refractivity contribution in [3.63, 3.8) is 0 Å². The Balaban J connectivity index is 1.16. The van der Waals surface area contributed by atoms with E-state index in [1.54, 1.807) is 9.80 Å². The van der Waals surface area contributed by atoms with Gasteiger partial charge in [-0.25, -0.2) is 4.79 Å². The van der Waals surface area contributed by atoms with E-state index in [0.29, 0.717) is 44.0 Å². The number of nitrogens with one attached hydrogen (secondary N) is 1. The van der Waals surface area contributed by atoms with Crippen LogP contribution in [0.25, 0.3) is 0 Å². The number of alkyl carbamates (subject to hydrolysis) is 1. The summed E-state index contributed by atoms with van der Waals surface area (Å²) in [5.41, 5.74) is -0.412. The van der Waals surface area contributed by atoms with Crippen molar-refractivity contribution >= 4 is 24.2 Å². The first-order chi connectivity index (χ1) is 17.3. The number of rotatable bonds is 10. The van der Waals surface area contributed by atoms with Gasteiger partial charge in [0, 0.05) is 45.4 Å². The van der Waals surface area contributed by atoms with Crippen LogP contribution in [0, 0.1) is 35.0 Å². The molecule has 4 aliphatic rings. The van der Waals surface area contributed by atoms with Crippen molar-refractivity contribution in [2.45, 2.75) is 57.9 Å². The molecule has 2 unspecified atom stereocenters. The summed E-state index contributed by atoms with van der Waals surface area (Å²) in [4.78, 5) is 52.0. The van der Waals surface area contributed by atoms with Crippen molar-refractivity contribution in [3.8, 4) is 11.8 Å². The topological polar surface area (TPSA) is 105 Å². The number of hydrogen-bond acceptors (Lipinski definition) is 7. The van der Waals surface area contributed by atoms with Gasteiger partial charge in [0.2, 0.25) is 5.91 Å². The largest absolute Gasteiger partial charge is 0.464 e. The number of carbonyl (C=O) groups is 4. The average molecular weight is 489 g/mol. The molecule has 0 radical (unpaired) electrons. The molecule has 3 aliphatic carbocycles. The van der Waals surface area contributed by atoms with Crippen molar-refractivity contribution in [2.75, 3.05) is 45.9 Å². The van der Waals surface area contributed by atoms with Gasteiger partial charge >= 0.3 is 12.1 Å². The van der Waals surface area contributed by atoms with Gasteiger partial charge < -0.3 is 24.5 Å². The fraction of sp³-hybridized carbons (Fsp3) is 0.769. The van der Waals surface area contributed by atoms with Crippen LogP contribution >= 0.6 is 0 Å². The van der Waals surface area contributed by atoms with Gasteiger partial charge in [0.25, 0.3) is 0 Å². The fourth-order valence-electron chi connectivity index (χ4n) is 5.24. The summed E-state index contributed by atoms with van der Waals surface area (Å²) in [6.45, 7) is 3.58. The summed E-state index contributed by atoms with van der Waals surface area (Å²) < 4.78 is 18.2. The van der Waals surface area contributed by atoms with Crippen LogP contribution in [-0.2, 0) is 23.9 Å². The highest BCUT2D eigenvalue weighted by Crippen LogP contribution is 2.52. The van der Waals surface area contributed by atoms with Gasteiger partial charge in [-0.3, -0.25) is 14.5 Å². The predicted molar refractivity (Wildman–Crippen MR) is 127 cm³/mol. The highest BCUT2D eigenvalue weighted by molar-refractivity contribution is 5.79. The minimum atomic E-state index is -0.715. The molecule has 0 bridgehead atoms. The van der Waals surface area contributed by atoms with Crippen LogP contribution in [-0.4, -0.2) is 86.0 Å². The summed E-state index contributed by atoms with van der Waals surface area (Å²) in [5.74, 6) is 7.60. The zero-order valence-corrected chi connectivity index (χ0v) is 20.6. The summed E-state index contributed by atoms with van der Waals surface area (Å²) in [7, 11) is 0. The molecule has 0 aromatic carbocycles. The van der Waals surface area contributed by atoms with Crippen molar-refractivity contribution in [1.82, 2.24) is 15.1 Å². The Morgan fingerprint density at radius 2 is 1.83 bits per heavy atom. The number of esters is 1. The zero-order chi connectivity index (χ0) is 25.7. The summed E-state index contributed by atoms with van der Waals surface area (Å²) in [6.07, 6.45) is 4.51. The molecule has 0 aromatic rings. The fourth-order valence-corrected chi connectivity index (χ4v) is 5.24. The molecule has 35 heavy (non-hydrogen) atoms. The molecule has 1 N–H and O–H groups in total. The van der Waals surface area contributed by atoms with Crippen molar-refractivity contribution < 1.29 is 30.0 Å². The van der Waals surface area contributed by atoms with E-state index in [1.165, 1.54) is 0 Å². The third-order valence-corrected chi connectivity index (χ3v) is 7.98. The van der Waals surface area contributed by atoms with Gasteiger partial charge in [-0.15, -0.1) is 11.8 Å². The van der Waals surface area contributed by atoms with Gasteiger partial charge in [0.15, 0.2) is 0 Å². The zero-order valence-electron chi connectivity index (χ0n) is 21.6. The Hall–Kier alpha value is -2.60. The number of ether oxygens (including phenoxy) is 2. The highest BCUT2D eigenvalue weighted by Gasteiger charge is 2.49. The first-order valence-corrected chi connectivity index (χ1v) is 12.8. The Morgan fingerprint density at radius 3 is 2.49 bits per heavy atom. The third-order valence-electron chi connectivity index (χ3n) is 7.98. The number of nitrogens with zero attached hydrogens (tertiary/aromatic N) is 2. The van der Waals surface area contributed by atoms with E-state index < -0.39 is 17.8 Å². The van der Waals surface area contributed by atoms with Crippen LogP contribution in [0.1, 0.15) is 53.2 Å². The number of fused-ring (bicyclic) bond motifs is 1. The Labute approximate surface area is 208 Å². The lowest BCUT2D eigenvalue weighted by atomic mass is 10.1. The molecule has 2 saturated carbocycles. The highest BCUT2D eigenvalue weighted by atomic mass is 16.5. The van der Waals surface area contributed by atoms with E-state index in [4.69, 9.17) is 10.8 Å². The van der Waals surface area contributed by atoms with Crippen LogP contribution in [0.2, 0.25) is 0 Å². The van der Waals surface area contributed by atoms with Crippen LogP contribution in [0.15, 0.2) is 0 Å². The maximum absolute atomic E-state index is 12.8. The van der Waals surface area contributed by atoms with Crippen molar-refractivity contribution in [3.05, 3.63) is 0 Å². The van der Waals surface area contributed by atoms with E-state index in [2.05, 4.69) is 17.2 Å². The Bertz CT molecular complexity index is 908. The first kappa shape index (κ1) is 24.1. The second-order valence-electron chi connectivity index (χ2n) is 10.5. The molecule has 0 spiro atoms. The maximum atomic E-state index is 12.8. The maximum Gasteiger partial charge on any atom is 0.407 e. The van der Waals surface area contributed by atoms with E-state index in [1.807, 2.05) is 6.92 Å². The molecule has 2 amide bonds. The molecule has 9 nitrogen and oxygen atoms in total. The molecule has 1 aliphatic heterocycles. The molecule has 192 valence electrons. The lowest BCUT2D eigenvalue weighted by Gasteiger charge is -2.40. The number of piperazine rings is 1. The number of amides is 2. The minimum absolute atomic E-state index is 0.0648. The SMILES string of the molecule is [2H]C(=O)CN1CCN(C(=O)CCNC(=O)OCC2[C@H]3CCC#CCC[C@@H]23)CC1COC(=O)C1(C)CC1. The average Bonchev–Trinajstić information content (AvgIpc) is 3.73. The van der Waals surface area contributed by atoms with E-state index in [-0.39, 0.29) is 44.0 Å². The van der Waals surface area contributed by atoms with Gasteiger partial charge in [-0.05, 0) is 50.4 Å². The summed E-state index contributed by atoms with van der Waals surface area (Å²) in [6, 6.07) is -0.345. The molecule has 1 saturated heterocycles. The van der Waals surface area contributed by atoms with Gasteiger partial charge in [0.1, 0.15) is 14.2 Å². The molecule has 1 heterocycles. The molecule has 9 heteroatoms. The standard InChI is InChI=1S/C26H37N3O6/c1-26(9-10-26)24(32)34-17-19-16-29(13-12-28(19)14-15-30)23(31)8-11-27-25(33)35-18-22-20-6-4-2-3-5-7-21(20)22/h15,19-22H,4-14,16-18H2,1H3,(H,27,33)/t19?,20-,21+,22?/i15D. The van der Waals surface area contributed by atoms with Gasteiger partial charge in [-0.1, -0.05) is 0 Å². The number of hydrogen-bond donors (Lipinski definition) is 1. The Morgan fingerprint density at radius 1 is 1.11 bits per heavy atom. The Kier molecular flexibility index (Phi) is 7.87. The first-order valence-electron chi connectivity index (χ1n) is 13.3. The molecule has 4 rings (SSSR count). The molecule has 4 atom stereocenters. The number of carbonyl (C=O) groups excluding carboxylic acids is 4. The quantitative estimate of drug-likeness (QED) is 0.283.